The fourth-order valence-electron chi connectivity index (χ4n) is 2.67. The predicted molar refractivity (Wildman–Crippen MR) is 83.0 cm³/mol. The summed E-state index contributed by atoms with van der Waals surface area (Å²) in [5, 5.41) is 14.3. The minimum Gasteiger partial charge on any atom is -0.480 e. The Morgan fingerprint density at radius 3 is 3.09 bits per heavy atom. The minimum atomic E-state index is -1.04. The highest BCUT2D eigenvalue weighted by Gasteiger charge is 2.33. The van der Waals surface area contributed by atoms with Crippen molar-refractivity contribution in [2.45, 2.75) is 31.8 Å². The molecule has 3 rings (SSSR count). The Labute approximate surface area is 131 Å². The van der Waals surface area contributed by atoms with Crippen LogP contribution >= 0.6 is 11.3 Å². The summed E-state index contributed by atoms with van der Waals surface area (Å²) in [7, 11) is 0. The molecule has 0 aromatic carbocycles. The third-order valence-electron chi connectivity index (χ3n) is 3.80. The molecule has 0 radical (unpaired) electrons. The van der Waals surface area contributed by atoms with Crippen LogP contribution in [0.5, 0.6) is 0 Å². The number of hydrogen-bond acceptors (Lipinski definition) is 6. The molecule has 3 heterocycles. The Bertz CT molecular complexity index is 717. The lowest BCUT2D eigenvalue weighted by atomic mass is 10.2. The average molecular weight is 320 g/mol. The first-order chi connectivity index (χ1) is 10.6. The van der Waals surface area contributed by atoms with Crippen molar-refractivity contribution in [2.75, 3.05) is 11.4 Å². The number of hydrogen-bond donors (Lipinski definition) is 2. The zero-order chi connectivity index (χ0) is 15.7. The first-order valence-electron chi connectivity index (χ1n) is 7.06. The quantitative estimate of drug-likeness (QED) is 0.880. The lowest BCUT2D eigenvalue weighted by Crippen LogP contribution is -2.48. The van der Waals surface area contributed by atoms with E-state index in [1.165, 1.54) is 24.6 Å². The summed E-state index contributed by atoms with van der Waals surface area (Å²) in [6, 6.07) is 0.656. The van der Waals surface area contributed by atoms with Gasteiger partial charge in [-0.15, -0.1) is 11.3 Å². The second kappa shape index (κ2) is 5.88. The summed E-state index contributed by atoms with van der Waals surface area (Å²) in [4.78, 5) is 34.6. The van der Waals surface area contributed by atoms with Gasteiger partial charge in [0.1, 0.15) is 29.1 Å². The van der Waals surface area contributed by atoms with E-state index in [-0.39, 0.29) is 11.9 Å². The molecule has 1 aliphatic heterocycles. The third-order valence-corrected chi connectivity index (χ3v) is 4.62. The summed E-state index contributed by atoms with van der Waals surface area (Å²) < 4.78 is 0. The highest BCUT2D eigenvalue weighted by atomic mass is 32.1. The van der Waals surface area contributed by atoms with Gasteiger partial charge in [0.15, 0.2) is 0 Å². The molecule has 1 unspecified atom stereocenters. The first kappa shape index (κ1) is 14.7. The van der Waals surface area contributed by atoms with Crippen LogP contribution in [0, 0.1) is 0 Å². The number of thiophene rings is 1. The Hall–Kier alpha value is -2.22. The summed E-state index contributed by atoms with van der Waals surface area (Å²) in [5.41, 5.74) is 0. The van der Waals surface area contributed by atoms with Gasteiger partial charge in [0.05, 0.1) is 5.39 Å². The number of nitrogens with zero attached hydrogens (tertiary/aromatic N) is 3. The number of aliphatic carboxylic acids is 1. The number of carbonyl (C=O) groups is 2. The number of aromatic nitrogens is 2. The number of rotatable bonds is 4. The van der Waals surface area contributed by atoms with Gasteiger partial charge in [0, 0.05) is 6.54 Å². The topological polar surface area (TPSA) is 95.4 Å². The monoisotopic (exact) mass is 320 g/mol. The van der Waals surface area contributed by atoms with Crippen LogP contribution in [0.4, 0.5) is 5.82 Å². The molecule has 2 N–H and O–H groups in total. The molecule has 1 amide bonds. The molecule has 0 bridgehead atoms. The molecule has 2 aromatic rings. The van der Waals surface area contributed by atoms with Gasteiger partial charge in [-0.2, -0.15) is 0 Å². The second-order valence-corrected chi connectivity index (χ2v) is 6.15. The number of anilines is 1. The fraction of sp³-hybridized carbons (Fsp3) is 0.429. The predicted octanol–water partition coefficient (Wildman–Crippen LogP) is 1.25. The molecule has 1 aliphatic rings. The van der Waals surface area contributed by atoms with Crippen LogP contribution in [0.2, 0.25) is 0 Å². The van der Waals surface area contributed by atoms with Gasteiger partial charge in [-0.1, -0.05) is 0 Å². The van der Waals surface area contributed by atoms with E-state index in [1.54, 1.807) is 0 Å². The number of fused-ring (bicyclic) bond motifs is 1. The average Bonchev–Trinajstić information content (AvgIpc) is 3.15. The third kappa shape index (κ3) is 2.61. The molecule has 2 aromatic heterocycles. The maximum Gasteiger partial charge on any atom is 0.325 e. The number of carbonyl (C=O) groups excluding carboxylic acids is 1. The van der Waals surface area contributed by atoms with E-state index in [2.05, 4.69) is 15.3 Å². The van der Waals surface area contributed by atoms with Crippen LogP contribution in [0.3, 0.4) is 0 Å². The first-order valence-corrected chi connectivity index (χ1v) is 7.94. The molecule has 0 aliphatic carbocycles. The van der Waals surface area contributed by atoms with Crippen molar-refractivity contribution < 1.29 is 14.7 Å². The van der Waals surface area contributed by atoms with E-state index >= 15 is 0 Å². The van der Waals surface area contributed by atoms with Crippen LogP contribution in [0.25, 0.3) is 10.2 Å². The molecule has 8 heteroatoms. The van der Waals surface area contributed by atoms with Gasteiger partial charge >= 0.3 is 5.97 Å². The normalized spacial score (nSPS) is 19.3. The highest BCUT2D eigenvalue weighted by molar-refractivity contribution is 7.16. The van der Waals surface area contributed by atoms with Gasteiger partial charge < -0.3 is 15.3 Å². The molecule has 2 atom stereocenters. The van der Waals surface area contributed by atoms with E-state index in [4.69, 9.17) is 5.11 Å². The van der Waals surface area contributed by atoms with Crippen molar-refractivity contribution in [1.82, 2.24) is 15.3 Å². The summed E-state index contributed by atoms with van der Waals surface area (Å²) >= 11 is 1.53. The van der Waals surface area contributed by atoms with Crippen LogP contribution < -0.4 is 10.2 Å². The van der Waals surface area contributed by atoms with Gasteiger partial charge in [0.25, 0.3) is 0 Å². The lowest BCUT2D eigenvalue weighted by molar-refractivity contribution is -0.141. The van der Waals surface area contributed by atoms with Crippen molar-refractivity contribution in [1.29, 1.82) is 0 Å². The molecule has 0 saturated carbocycles. The highest BCUT2D eigenvalue weighted by Crippen LogP contribution is 2.31. The fourth-order valence-corrected chi connectivity index (χ4v) is 3.40. The maximum absolute atomic E-state index is 12.4. The van der Waals surface area contributed by atoms with E-state index in [0.29, 0.717) is 6.42 Å². The van der Waals surface area contributed by atoms with E-state index in [1.807, 2.05) is 16.3 Å². The minimum absolute atomic E-state index is 0.269. The molecule has 1 saturated heterocycles. The molecule has 1 fully saturated rings. The zero-order valence-electron chi connectivity index (χ0n) is 12.0. The number of amides is 1. The SMILES string of the molecule is C[C@@H](NC(=O)C1CCCN1c1ncnc2sccc12)C(=O)O. The van der Waals surface area contributed by atoms with E-state index in [0.717, 1.165) is 29.0 Å². The van der Waals surface area contributed by atoms with Crippen molar-refractivity contribution in [3.8, 4) is 0 Å². The maximum atomic E-state index is 12.4. The lowest BCUT2D eigenvalue weighted by Gasteiger charge is -2.26. The second-order valence-electron chi connectivity index (χ2n) is 5.26. The molecule has 0 spiro atoms. The van der Waals surface area contributed by atoms with Crippen molar-refractivity contribution in [3.63, 3.8) is 0 Å². The van der Waals surface area contributed by atoms with Crippen LogP contribution in [-0.4, -0.2) is 45.6 Å². The molecule has 116 valence electrons. The summed E-state index contributed by atoms with van der Waals surface area (Å²) in [5.74, 6) is -0.568. The van der Waals surface area contributed by atoms with Crippen molar-refractivity contribution >= 4 is 39.2 Å². The van der Waals surface area contributed by atoms with Crippen LogP contribution in [-0.2, 0) is 9.59 Å². The largest absolute Gasteiger partial charge is 0.480 e. The molecular weight excluding hydrogens is 304 g/mol. The zero-order valence-corrected chi connectivity index (χ0v) is 12.8. The van der Waals surface area contributed by atoms with Gasteiger partial charge in [-0.05, 0) is 31.2 Å². The number of nitrogens with one attached hydrogen (secondary N) is 1. The Morgan fingerprint density at radius 1 is 1.50 bits per heavy atom. The van der Waals surface area contributed by atoms with Gasteiger partial charge in [0.2, 0.25) is 5.91 Å². The summed E-state index contributed by atoms with van der Waals surface area (Å²) in [6.07, 6.45) is 3.06. The Morgan fingerprint density at radius 2 is 2.32 bits per heavy atom. The standard InChI is InChI=1S/C14H16N4O3S/c1-8(14(20)21)17-12(19)10-3-2-5-18(10)11-9-4-6-22-13(9)16-7-15-11/h4,6-8,10H,2-3,5H2,1H3,(H,17,19)(H,20,21)/t8-,10?/m1/s1. The van der Waals surface area contributed by atoms with Crippen LogP contribution in [0.15, 0.2) is 17.8 Å². The molecule has 7 nitrogen and oxygen atoms in total. The Kier molecular flexibility index (Phi) is 3.93. The molecule has 22 heavy (non-hydrogen) atoms. The van der Waals surface area contributed by atoms with E-state index < -0.39 is 12.0 Å². The molecular formula is C14H16N4O3S. The summed E-state index contributed by atoms with van der Waals surface area (Å²) in [6.45, 7) is 2.18. The van der Waals surface area contributed by atoms with Crippen LogP contribution in [0.1, 0.15) is 19.8 Å². The number of carboxylic acids is 1. The van der Waals surface area contributed by atoms with Gasteiger partial charge in [-0.25, -0.2) is 9.97 Å². The smallest absolute Gasteiger partial charge is 0.325 e. The van der Waals surface area contributed by atoms with Gasteiger partial charge in [-0.3, -0.25) is 9.59 Å². The number of carboxylic acid groups (broad SMARTS) is 1. The Balaban J connectivity index is 1.85. The van der Waals surface area contributed by atoms with E-state index in [9.17, 15) is 9.59 Å². The van der Waals surface area contributed by atoms with Crippen molar-refractivity contribution in [3.05, 3.63) is 17.8 Å². The van der Waals surface area contributed by atoms with Crippen molar-refractivity contribution in [2.24, 2.45) is 0 Å².